The van der Waals surface area contributed by atoms with Crippen LogP contribution in [0.2, 0.25) is 0 Å². The molecular weight excluding hydrogens is 523 g/mol. The average Bonchev–Trinajstić information content (AvgIpc) is 3.48. The molecule has 2 aliphatic rings. The van der Waals surface area contributed by atoms with E-state index in [4.69, 9.17) is 0 Å². The molecule has 1 unspecified atom stereocenters. The van der Waals surface area contributed by atoms with Gasteiger partial charge in [0.15, 0.2) is 5.82 Å². The number of carbonyl (C=O) groups excluding carboxylic acids is 1. The van der Waals surface area contributed by atoms with Crippen molar-refractivity contribution in [3.05, 3.63) is 60.7 Å². The lowest BCUT2D eigenvalue weighted by molar-refractivity contribution is -0.162. The first-order chi connectivity index (χ1) is 19.3. The normalized spacial score (nSPS) is 16.6. The monoisotopic (exact) mass is 551 g/mol. The Morgan fingerprint density at radius 2 is 1.88 bits per heavy atom. The molecule has 10 nitrogen and oxygen atoms in total. The minimum absolute atomic E-state index is 0.00817. The Morgan fingerprint density at radius 3 is 2.62 bits per heavy atom. The molecule has 0 radical (unpaired) electrons. The van der Waals surface area contributed by atoms with Crippen LogP contribution in [0.15, 0.2) is 49.3 Å². The molecule has 1 aliphatic heterocycles. The van der Waals surface area contributed by atoms with Gasteiger partial charge < -0.3 is 19.4 Å². The van der Waals surface area contributed by atoms with E-state index in [1.807, 2.05) is 16.8 Å². The number of imidazole rings is 1. The zero-order valence-electron chi connectivity index (χ0n) is 21.8. The lowest BCUT2D eigenvalue weighted by atomic mass is 10.1. The zero-order chi connectivity index (χ0) is 27.9. The first-order valence-corrected chi connectivity index (χ1v) is 13.3. The van der Waals surface area contributed by atoms with Crippen LogP contribution in [0.3, 0.4) is 0 Å². The topological polar surface area (TPSA) is 107 Å². The molecule has 1 aliphatic carbocycles. The van der Waals surface area contributed by atoms with Crippen molar-refractivity contribution < 1.29 is 18.0 Å². The minimum Gasteiger partial charge on any atom is -0.369 e. The number of nitrogens with one attached hydrogen (secondary N) is 1. The summed E-state index contributed by atoms with van der Waals surface area (Å²) in [5.74, 6) is 0.190. The van der Waals surface area contributed by atoms with Gasteiger partial charge in [0.2, 0.25) is 0 Å². The number of aromatic nitrogens is 7. The molecule has 5 heterocycles. The highest BCUT2D eigenvalue weighted by Gasteiger charge is 2.39. The third kappa shape index (κ3) is 5.27. The zero-order valence-corrected chi connectivity index (χ0v) is 21.8. The van der Waals surface area contributed by atoms with Gasteiger partial charge in [-0.15, -0.1) is 10.2 Å². The van der Waals surface area contributed by atoms with Crippen LogP contribution >= 0.6 is 0 Å². The van der Waals surface area contributed by atoms with Crippen LogP contribution in [-0.2, 0) is 0 Å². The molecule has 1 atom stereocenters. The molecule has 13 heteroatoms. The predicted molar refractivity (Wildman–Crippen MR) is 141 cm³/mol. The van der Waals surface area contributed by atoms with Crippen molar-refractivity contribution in [3.8, 4) is 17.2 Å². The SMILES string of the molecule is CC(n1cnnc1-c1cccc(C(=O)Nc2cc(-n3cnc(C4CC4)c3)c(N3CCCCC3)cn2)n1)C(F)(F)F. The Hall–Kier alpha value is -4.29. The summed E-state index contributed by atoms with van der Waals surface area (Å²) >= 11 is 0. The van der Waals surface area contributed by atoms with Crippen LogP contribution in [0.25, 0.3) is 17.2 Å². The maximum atomic E-state index is 13.3. The van der Waals surface area contributed by atoms with Crippen molar-refractivity contribution in [1.82, 2.24) is 34.3 Å². The van der Waals surface area contributed by atoms with E-state index in [-0.39, 0.29) is 17.2 Å². The maximum Gasteiger partial charge on any atom is 0.408 e. The van der Waals surface area contributed by atoms with E-state index in [1.165, 1.54) is 24.6 Å². The third-order valence-corrected chi connectivity index (χ3v) is 7.35. The summed E-state index contributed by atoms with van der Waals surface area (Å²) < 4.78 is 42.8. The predicted octanol–water partition coefficient (Wildman–Crippen LogP) is 5.16. The van der Waals surface area contributed by atoms with Gasteiger partial charge in [0, 0.05) is 31.3 Å². The van der Waals surface area contributed by atoms with Gasteiger partial charge in [0.05, 0.1) is 29.6 Å². The van der Waals surface area contributed by atoms with E-state index in [1.54, 1.807) is 12.5 Å². The molecule has 4 aromatic rings. The van der Waals surface area contributed by atoms with Gasteiger partial charge in [-0.25, -0.2) is 15.0 Å². The smallest absolute Gasteiger partial charge is 0.369 e. The van der Waals surface area contributed by atoms with Crippen LogP contribution in [0, 0.1) is 0 Å². The van der Waals surface area contributed by atoms with Crippen molar-refractivity contribution in [2.75, 3.05) is 23.3 Å². The van der Waals surface area contributed by atoms with Gasteiger partial charge in [-0.3, -0.25) is 4.79 Å². The molecule has 40 heavy (non-hydrogen) atoms. The highest BCUT2D eigenvalue weighted by molar-refractivity contribution is 6.02. The van der Waals surface area contributed by atoms with Crippen LogP contribution in [0.5, 0.6) is 0 Å². The highest BCUT2D eigenvalue weighted by atomic mass is 19.4. The first-order valence-electron chi connectivity index (χ1n) is 13.3. The lowest BCUT2D eigenvalue weighted by Gasteiger charge is -2.30. The van der Waals surface area contributed by atoms with Crippen LogP contribution < -0.4 is 10.2 Å². The number of hydrogen-bond acceptors (Lipinski definition) is 7. The summed E-state index contributed by atoms with van der Waals surface area (Å²) in [6, 6.07) is 4.46. The summed E-state index contributed by atoms with van der Waals surface area (Å²) in [5.41, 5.74) is 2.99. The lowest BCUT2D eigenvalue weighted by Crippen LogP contribution is -2.30. The van der Waals surface area contributed by atoms with Gasteiger partial charge in [-0.2, -0.15) is 13.2 Å². The summed E-state index contributed by atoms with van der Waals surface area (Å²) in [7, 11) is 0. The molecule has 1 saturated carbocycles. The van der Waals surface area contributed by atoms with Crippen molar-refractivity contribution in [3.63, 3.8) is 0 Å². The number of pyridine rings is 2. The first kappa shape index (κ1) is 26.0. The molecule has 1 saturated heterocycles. The largest absolute Gasteiger partial charge is 0.408 e. The molecule has 0 bridgehead atoms. The fraction of sp³-hybridized carbons (Fsp3) is 0.407. The number of piperidine rings is 1. The molecule has 0 spiro atoms. The number of nitrogens with zero attached hydrogens (tertiary/aromatic N) is 8. The Kier molecular flexibility index (Phi) is 6.72. The van der Waals surface area contributed by atoms with Gasteiger partial charge in [0.1, 0.15) is 29.6 Å². The number of hydrogen-bond donors (Lipinski definition) is 1. The Bertz CT molecular complexity index is 1520. The molecule has 1 amide bonds. The van der Waals surface area contributed by atoms with Gasteiger partial charge in [0.25, 0.3) is 5.91 Å². The summed E-state index contributed by atoms with van der Waals surface area (Å²) in [6.07, 6.45) is 7.79. The van der Waals surface area contributed by atoms with E-state index in [9.17, 15) is 18.0 Å². The van der Waals surface area contributed by atoms with Crippen LogP contribution in [-0.4, -0.2) is 59.5 Å². The van der Waals surface area contributed by atoms with E-state index in [0.29, 0.717) is 11.7 Å². The number of carbonyl (C=O) groups is 1. The second-order valence-electron chi connectivity index (χ2n) is 10.2. The number of alkyl halides is 3. The molecule has 1 N–H and O–H groups in total. The molecule has 6 rings (SSSR count). The van der Waals surface area contributed by atoms with Gasteiger partial charge in [-0.1, -0.05) is 6.07 Å². The number of anilines is 2. The highest BCUT2D eigenvalue weighted by Crippen LogP contribution is 2.40. The van der Waals surface area contributed by atoms with Crippen molar-refractivity contribution in [2.45, 2.75) is 57.2 Å². The van der Waals surface area contributed by atoms with Crippen molar-refractivity contribution in [1.29, 1.82) is 0 Å². The summed E-state index contributed by atoms with van der Waals surface area (Å²) in [6.45, 7) is 2.87. The van der Waals surface area contributed by atoms with Crippen molar-refractivity contribution >= 4 is 17.4 Å². The van der Waals surface area contributed by atoms with Crippen LogP contribution in [0.4, 0.5) is 24.7 Å². The quantitative estimate of drug-likeness (QED) is 0.338. The summed E-state index contributed by atoms with van der Waals surface area (Å²) in [4.78, 5) is 28.9. The van der Waals surface area contributed by atoms with E-state index < -0.39 is 18.1 Å². The second-order valence-corrected chi connectivity index (χ2v) is 10.2. The molecule has 208 valence electrons. The van der Waals surface area contributed by atoms with E-state index in [0.717, 1.165) is 73.7 Å². The Balaban J connectivity index is 1.27. The fourth-order valence-corrected chi connectivity index (χ4v) is 4.88. The Labute approximate surface area is 228 Å². The number of halogens is 3. The van der Waals surface area contributed by atoms with E-state index in [2.05, 4.69) is 35.4 Å². The third-order valence-electron chi connectivity index (χ3n) is 7.35. The van der Waals surface area contributed by atoms with Gasteiger partial charge >= 0.3 is 6.18 Å². The fourth-order valence-electron chi connectivity index (χ4n) is 4.88. The molecule has 2 fully saturated rings. The molecular formula is C27H28F3N9O. The summed E-state index contributed by atoms with van der Waals surface area (Å²) in [5, 5.41) is 10.2. The standard InChI is InChI=1S/C27H28F3N9O/c1-17(27(28,29)30)39-16-33-36-25(39)19-6-5-7-20(34-19)26(40)35-24-12-22(38-14-21(32-15-38)18-8-9-18)23(13-31-24)37-10-3-2-4-11-37/h5-7,12-18H,2-4,8-11H2,1H3,(H,31,35,40). The van der Waals surface area contributed by atoms with Gasteiger partial charge in [-0.05, 0) is 51.2 Å². The Morgan fingerprint density at radius 1 is 1.07 bits per heavy atom. The van der Waals surface area contributed by atoms with Crippen molar-refractivity contribution in [2.24, 2.45) is 0 Å². The average molecular weight is 552 g/mol. The molecule has 4 aromatic heterocycles. The number of rotatable bonds is 7. The second kappa shape index (κ2) is 10.4. The molecule has 0 aromatic carbocycles. The van der Waals surface area contributed by atoms with Crippen LogP contribution in [0.1, 0.15) is 67.2 Å². The number of amides is 1. The maximum absolute atomic E-state index is 13.3. The van der Waals surface area contributed by atoms with E-state index >= 15 is 0 Å². The minimum atomic E-state index is -4.50.